The summed E-state index contributed by atoms with van der Waals surface area (Å²) >= 11 is 12.0. The van der Waals surface area contributed by atoms with Crippen LogP contribution in [0.1, 0.15) is 32.6 Å². The molecule has 2 N–H and O–H groups in total. The summed E-state index contributed by atoms with van der Waals surface area (Å²) in [5.74, 6) is 0.476. The molecule has 0 amide bonds. The van der Waals surface area contributed by atoms with Gasteiger partial charge < -0.3 is 19.0 Å². The summed E-state index contributed by atoms with van der Waals surface area (Å²) in [6.07, 6.45) is 3.80. The monoisotopic (exact) mass is 435 g/mol. The van der Waals surface area contributed by atoms with Crippen molar-refractivity contribution in [3.05, 3.63) is 58.1 Å². The highest BCUT2D eigenvalue weighted by Gasteiger charge is 2.15. The first-order valence-electron chi connectivity index (χ1n) is 9.99. The quantitative estimate of drug-likeness (QED) is 0.427. The van der Waals surface area contributed by atoms with Crippen LogP contribution in [0.25, 0.3) is 11.0 Å². The predicted molar refractivity (Wildman–Crippen MR) is 118 cm³/mol. The summed E-state index contributed by atoms with van der Waals surface area (Å²) in [6, 6.07) is 12.9. The minimum Gasteiger partial charge on any atom is -0.489 e. The van der Waals surface area contributed by atoms with E-state index in [0.717, 1.165) is 30.4 Å². The van der Waals surface area contributed by atoms with Gasteiger partial charge in [-0.25, -0.2) is 0 Å². The SMILES string of the molecule is CCCCCCn1c(=N)n(CC(O)COc2ccc(Cl)cc2Cl)c2ccccc21. The molecule has 1 heterocycles. The van der Waals surface area contributed by atoms with Crippen molar-refractivity contribution in [3.63, 3.8) is 0 Å². The lowest BCUT2D eigenvalue weighted by Crippen LogP contribution is -2.31. The topological polar surface area (TPSA) is 63.2 Å². The van der Waals surface area contributed by atoms with Gasteiger partial charge in [-0.1, -0.05) is 61.5 Å². The number of rotatable bonds is 10. The molecule has 7 heteroatoms. The summed E-state index contributed by atoms with van der Waals surface area (Å²) in [7, 11) is 0. The smallest absolute Gasteiger partial charge is 0.203 e. The summed E-state index contributed by atoms with van der Waals surface area (Å²) in [6.45, 7) is 3.34. The number of hydrogen-bond donors (Lipinski definition) is 2. The number of hydrogen-bond acceptors (Lipinski definition) is 3. The van der Waals surface area contributed by atoms with Gasteiger partial charge in [0.25, 0.3) is 0 Å². The zero-order valence-electron chi connectivity index (χ0n) is 16.6. The largest absolute Gasteiger partial charge is 0.489 e. The number of aliphatic hydroxyl groups excluding tert-OH is 1. The first-order chi connectivity index (χ1) is 14.0. The number of imidazole rings is 1. The second kappa shape index (κ2) is 10.2. The van der Waals surface area contributed by atoms with E-state index >= 15 is 0 Å². The molecule has 0 saturated carbocycles. The Hall–Kier alpha value is -1.95. The van der Waals surface area contributed by atoms with Crippen LogP contribution in [-0.4, -0.2) is 27.0 Å². The third-order valence-corrected chi connectivity index (χ3v) is 5.46. The van der Waals surface area contributed by atoms with E-state index in [0.29, 0.717) is 21.4 Å². The number of unbranched alkanes of at least 4 members (excludes halogenated alkanes) is 3. The number of ether oxygens (including phenoxy) is 1. The molecule has 0 saturated heterocycles. The Balaban J connectivity index is 1.73. The van der Waals surface area contributed by atoms with E-state index in [9.17, 15) is 5.11 Å². The van der Waals surface area contributed by atoms with E-state index in [-0.39, 0.29) is 13.2 Å². The van der Waals surface area contributed by atoms with Crippen molar-refractivity contribution in [1.82, 2.24) is 9.13 Å². The average Bonchev–Trinajstić information content (AvgIpc) is 2.96. The van der Waals surface area contributed by atoms with Crippen molar-refractivity contribution in [2.24, 2.45) is 0 Å². The fourth-order valence-electron chi connectivity index (χ4n) is 3.44. The van der Waals surface area contributed by atoms with Crippen LogP contribution in [0, 0.1) is 5.41 Å². The Morgan fingerprint density at radius 3 is 2.45 bits per heavy atom. The molecule has 3 rings (SSSR count). The van der Waals surface area contributed by atoms with Gasteiger partial charge in [0, 0.05) is 11.6 Å². The Kier molecular flexibility index (Phi) is 7.64. The molecule has 0 fully saturated rings. The van der Waals surface area contributed by atoms with Crippen molar-refractivity contribution < 1.29 is 9.84 Å². The molecule has 5 nitrogen and oxygen atoms in total. The van der Waals surface area contributed by atoms with Crippen LogP contribution in [0.5, 0.6) is 5.75 Å². The van der Waals surface area contributed by atoms with Gasteiger partial charge in [-0.2, -0.15) is 0 Å². The van der Waals surface area contributed by atoms with Crippen LogP contribution in [0.3, 0.4) is 0 Å². The molecule has 1 unspecified atom stereocenters. The molecule has 0 spiro atoms. The van der Waals surface area contributed by atoms with Gasteiger partial charge in [0.05, 0.1) is 22.6 Å². The van der Waals surface area contributed by atoms with Gasteiger partial charge in [0.2, 0.25) is 5.62 Å². The van der Waals surface area contributed by atoms with Gasteiger partial charge in [-0.05, 0) is 36.8 Å². The van der Waals surface area contributed by atoms with Crippen molar-refractivity contribution in [2.75, 3.05) is 6.61 Å². The van der Waals surface area contributed by atoms with Crippen LogP contribution >= 0.6 is 23.2 Å². The molecule has 1 atom stereocenters. The van der Waals surface area contributed by atoms with Crippen molar-refractivity contribution in [1.29, 1.82) is 5.41 Å². The third kappa shape index (κ3) is 5.35. The first-order valence-corrected chi connectivity index (χ1v) is 10.8. The highest BCUT2D eigenvalue weighted by molar-refractivity contribution is 6.35. The number of benzene rings is 2. The minimum absolute atomic E-state index is 0.0732. The van der Waals surface area contributed by atoms with Crippen LogP contribution in [0.2, 0.25) is 10.0 Å². The standard InChI is InChI=1S/C22H27Cl2N3O2/c1-2-3-4-7-12-26-19-8-5-6-9-20(19)27(22(26)25)14-17(28)15-29-21-11-10-16(23)13-18(21)24/h5-6,8-11,13,17,25,28H,2-4,7,12,14-15H2,1H3. The number of aryl methyl sites for hydroxylation is 1. The molecule has 3 aromatic rings. The van der Waals surface area contributed by atoms with Gasteiger partial charge in [0.15, 0.2) is 0 Å². The molecule has 2 aromatic carbocycles. The number of nitrogens with one attached hydrogen (secondary N) is 1. The highest BCUT2D eigenvalue weighted by Crippen LogP contribution is 2.27. The highest BCUT2D eigenvalue weighted by atomic mass is 35.5. The fourth-order valence-corrected chi connectivity index (χ4v) is 3.91. The molecule has 0 bridgehead atoms. The molecule has 0 radical (unpaired) electrons. The van der Waals surface area contributed by atoms with Crippen molar-refractivity contribution in [2.45, 2.75) is 51.8 Å². The third-order valence-electron chi connectivity index (χ3n) is 4.93. The number of aliphatic hydroxyl groups is 1. The van der Waals surface area contributed by atoms with E-state index in [4.69, 9.17) is 33.3 Å². The Morgan fingerprint density at radius 2 is 1.76 bits per heavy atom. The van der Waals surface area contributed by atoms with Crippen molar-refractivity contribution >= 4 is 34.2 Å². The second-order valence-electron chi connectivity index (χ2n) is 7.17. The molecule has 29 heavy (non-hydrogen) atoms. The van der Waals surface area contributed by atoms with Gasteiger partial charge in [-0.3, -0.25) is 5.41 Å². The molecular weight excluding hydrogens is 409 g/mol. The zero-order valence-corrected chi connectivity index (χ0v) is 18.1. The van der Waals surface area contributed by atoms with E-state index in [1.54, 1.807) is 18.2 Å². The van der Waals surface area contributed by atoms with Gasteiger partial charge >= 0.3 is 0 Å². The lowest BCUT2D eigenvalue weighted by Gasteiger charge is -2.14. The van der Waals surface area contributed by atoms with Crippen LogP contribution in [0.15, 0.2) is 42.5 Å². The molecule has 1 aromatic heterocycles. The number of fused-ring (bicyclic) bond motifs is 1. The maximum absolute atomic E-state index is 10.5. The molecule has 0 aliphatic carbocycles. The summed E-state index contributed by atoms with van der Waals surface area (Å²) in [5.41, 5.74) is 2.35. The summed E-state index contributed by atoms with van der Waals surface area (Å²) < 4.78 is 9.52. The predicted octanol–water partition coefficient (Wildman–Crippen LogP) is 5.25. The maximum atomic E-state index is 10.5. The normalized spacial score (nSPS) is 12.4. The lowest BCUT2D eigenvalue weighted by molar-refractivity contribution is 0.0921. The van der Waals surface area contributed by atoms with E-state index < -0.39 is 6.10 Å². The Morgan fingerprint density at radius 1 is 1.03 bits per heavy atom. The number of nitrogens with zero attached hydrogens (tertiary/aromatic N) is 2. The minimum atomic E-state index is -0.782. The maximum Gasteiger partial charge on any atom is 0.203 e. The first kappa shape index (κ1) is 21.8. The van der Waals surface area contributed by atoms with E-state index in [2.05, 4.69) is 6.92 Å². The number of halogens is 2. The summed E-state index contributed by atoms with van der Waals surface area (Å²) in [4.78, 5) is 0. The van der Waals surface area contributed by atoms with Crippen LogP contribution in [0.4, 0.5) is 0 Å². The van der Waals surface area contributed by atoms with Crippen LogP contribution < -0.4 is 10.4 Å². The lowest BCUT2D eigenvalue weighted by atomic mass is 10.2. The summed E-state index contributed by atoms with van der Waals surface area (Å²) in [5, 5.41) is 20.1. The zero-order chi connectivity index (χ0) is 20.8. The molecule has 0 aliphatic heterocycles. The van der Waals surface area contributed by atoms with Crippen LogP contribution in [-0.2, 0) is 13.1 Å². The molecule has 156 valence electrons. The molecule has 0 aliphatic rings. The number of para-hydroxylation sites is 2. The molecular formula is C22H27Cl2N3O2. The van der Waals surface area contributed by atoms with Crippen molar-refractivity contribution in [3.8, 4) is 5.75 Å². The van der Waals surface area contributed by atoms with E-state index in [1.807, 2.05) is 33.4 Å². The van der Waals surface area contributed by atoms with Gasteiger partial charge in [-0.15, -0.1) is 0 Å². The fraction of sp³-hybridized carbons (Fsp3) is 0.409. The Labute approximate surface area is 181 Å². The number of aromatic nitrogens is 2. The van der Waals surface area contributed by atoms with Gasteiger partial charge in [0.1, 0.15) is 18.5 Å². The van der Waals surface area contributed by atoms with E-state index in [1.165, 1.54) is 12.8 Å². The Bertz CT molecular complexity index is 1010. The average molecular weight is 436 g/mol. The second-order valence-corrected chi connectivity index (χ2v) is 8.02.